The second kappa shape index (κ2) is 4.91. The molecular formula is C13H17ClN2S. The summed E-state index contributed by atoms with van der Waals surface area (Å²) >= 11 is 7.94. The van der Waals surface area contributed by atoms with Crippen LogP contribution in [0.1, 0.15) is 19.4 Å². The van der Waals surface area contributed by atoms with Crippen molar-refractivity contribution in [3.05, 3.63) is 28.8 Å². The Balaban J connectivity index is 2.15. The minimum Gasteiger partial charge on any atom is -0.334 e. The van der Waals surface area contributed by atoms with Crippen molar-refractivity contribution in [1.29, 1.82) is 0 Å². The molecule has 4 heteroatoms. The first-order valence-electron chi connectivity index (χ1n) is 5.67. The summed E-state index contributed by atoms with van der Waals surface area (Å²) in [5, 5.41) is 5.06. The Morgan fingerprint density at radius 3 is 2.76 bits per heavy atom. The molecule has 0 amide bonds. The van der Waals surface area contributed by atoms with Gasteiger partial charge < -0.3 is 5.32 Å². The van der Waals surface area contributed by atoms with E-state index >= 15 is 0 Å². The highest BCUT2D eigenvalue weighted by Gasteiger charge is 2.23. The molecule has 0 bridgehead atoms. The van der Waals surface area contributed by atoms with Gasteiger partial charge in [-0.2, -0.15) is 0 Å². The van der Waals surface area contributed by atoms with Crippen molar-refractivity contribution in [2.75, 3.05) is 17.6 Å². The monoisotopic (exact) mass is 268 g/mol. The van der Waals surface area contributed by atoms with Gasteiger partial charge in [0.05, 0.1) is 10.7 Å². The predicted octanol–water partition coefficient (Wildman–Crippen LogP) is 4.19. The Kier molecular flexibility index (Phi) is 3.69. The van der Waals surface area contributed by atoms with Crippen LogP contribution < -0.4 is 5.32 Å². The molecule has 0 atom stereocenters. The lowest BCUT2D eigenvalue weighted by Gasteiger charge is -2.27. The van der Waals surface area contributed by atoms with Crippen LogP contribution in [0.15, 0.2) is 23.2 Å². The molecule has 1 heterocycles. The molecule has 1 N–H and O–H groups in total. The average molecular weight is 269 g/mol. The fraction of sp³-hybridized carbons (Fsp3) is 0.462. The number of aliphatic imine (C=N–C) groups is 1. The molecule has 0 fully saturated rings. The summed E-state index contributed by atoms with van der Waals surface area (Å²) in [5.74, 6) is 1.09. The molecule has 0 aromatic heterocycles. The van der Waals surface area contributed by atoms with E-state index in [0.717, 1.165) is 33.7 Å². The van der Waals surface area contributed by atoms with Crippen LogP contribution >= 0.6 is 23.4 Å². The molecule has 0 aliphatic carbocycles. The zero-order valence-corrected chi connectivity index (χ0v) is 12.0. The minimum atomic E-state index is 0.297. The third-order valence-corrected chi connectivity index (χ3v) is 4.45. The Hall–Kier alpha value is -0.670. The SMILES string of the molecule is Cc1cccc(Cl)c1NC1=NCC(C)(C)CS1. The van der Waals surface area contributed by atoms with Gasteiger partial charge in [0, 0.05) is 12.3 Å². The number of para-hydroxylation sites is 1. The summed E-state index contributed by atoms with van der Waals surface area (Å²) in [7, 11) is 0. The number of benzene rings is 1. The van der Waals surface area contributed by atoms with Crippen LogP contribution in [0.25, 0.3) is 0 Å². The molecule has 2 nitrogen and oxygen atoms in total. The predicted molar refractivity (Wildman–Crippen MR) is 78.4 cm³/mol. The first-order valence-corrected chi connectivity index (χ1v) is 7.04. The Morgan fingerprint density at radius 1 is 1.41 bits per heavy atom. The third kappa shape index (κ3) is 3.17. The lowest BCUT2D eigenvalue weighted by atomic mass is 9.97. The number of thioether (sulfide) groups is 1. The molecule has 0 radical (unpaired) electrons. The van der Waals surface area contributed by atoms with Crippen molar-refractivity contribution in [1.82, 2.24) is 0 Å². The van der Waals surface area contributed by atoms with Crippen molar-refractivity contribution >= 4 is 34.2 Å². The lowest BCUT2D eigenvalue weighted by Crippen LogP contribution is -2.27. The van der Waals surface area contributed by atoms with Crippen molar-refractivity contribution in [3.63, 3.8) is 0 Å². The molecule has 2 rings (SSSR count). The van der Waals surface area contributed by atoms with Crippen LogP contribution in [-0.2, 0) is 0 Å². The zero-order chi connectivity index (χ0) is 12.5. The fourth-order valence-electron chi connectivity index (χ4n) is 1.61. The summed E-state index contributed by atoms with van der Waals surface area (Å²) < 4.78 is 0. The maximum Gasteiger partial charge on any atom is 0.161 e. The number of hydrogen-bond acceptors (Lipinski definition) is 3. The molecule has 1 aliphatic heterocycles. The fourth-order valence-corrected chi connectivity index (χ4v) is 2.83. The number of rotatable bonds is 1. The van der Waals surface area contributed by atoms with E-state index in [9.17, 15) is 0 Å². The van der Waals surface area contributed by atoms with Gasteiger partial charge in [-0.05, 0) is 24.0 Å². The molecule has 17 heavy (non-hydrogen) atoms. The first kappa shape index (κ1) is 12.8. The van der Waals surface area contributed by atoms with E-state index in [-0.39, 0.29) is 0 Å². The molecule has 0 saturated carbocycles. The van der Waals surface area contributed by atoms with Gasteiger partial charge in [-0.15, -0.1) is 0 Å². The molecule has 0 unspecified atom stereocenters. The number of amidine groups is 1. The van der Waals surface area contributed by atoms with E-state index in [1.54, 1.807) is 11.8 Å². The normalized spacial score (nSPS) is 18.7. The van der Waals surface area contributed by atoms with Gasteiger partial charge in [-0.25, -0.2) is 0 Å². The number of aryl methyl sites for hydroxylation is 1. The largest absolute Gasteiger partial charge is 0.334 e. The van der Waals surface area contributed by atoms with Crippen molar-refractivity contribution in [2.24, 2.45) is 10.4 Å². The van der Waals surface area contributed by atoms with Gasteiger partial charge in [-0.1, -0.05) is 49.3 Å². The van der Waals surface area contributed by atoms with Crippen LogP contribution in [0.3, 0.4) is 0 Å². The van der Waals surface area contributed by atoms with Crippen molar-refractivity contribution in [2.45, 2.75) is 20.8 Å². The molecule has 92 valence electrons. The summed E-state index contributed by atoms with van der Waals surface area (Å²) in [6.07, 6.45) is 0. The molecule has 1 aliphatic rings. The number of halogens is 1. The van der Waals surface area contributed by atoms with Crippen molar-refractivity contribution < 1.29 is 0 Å². The van der Waals surface area contributed by atoms with E-state index in [1.165, 1.54) is 0 Å². The topological polar surface area (TPSA) is 24.4 Å². The standard InChI is InChI=1S/C13H17ClN2S/c1-9-5-4-6-10(14)11(9)16-12-15-7-13(2,3)8-17-12/h4-6H,7-8H2,1-3H3,(H,15,16). The summed E-state index contributed by atoms with van der Waals surface area (Å²) in [6.45, 7) is 7.39. The Labute approximate surface area is 112 Å². The van der Waals surface area contributed by atoms with Crippen LogP contribution in [0.2, 0.25) is 5.02 Å². The van der Waals surface area contributed by atoms with E-state index in [4.69, 9.17) is 11.6 Å². The number of nitrogens with zero attached hydrogens (tertiary/aromatic N) is 1. The minimum absolute atomic E-state index is 0.297. The average Bonchev–Trinajstić information content (AvgIpc) is 2.26. The van der Waals surface area contributed by atoms with Gasteiger partial charge in [0.1, 0.15) is 0 Å². The molecule has 1 aromatic rings. The second-order valence-corrected chi connectivity index (χ2v) is 6.50. The highest BCUT2D eigenvalue weighted by molar-refractivity contribution is 8.14. The van der Waals surface area contributed by atoms with Gasteiger partial charge in [-0.3, -0.25) is 4.99 Å². The van der Waals surface area contributed by atoms with Gasteiger partial charge >= 0.3 is 0 Å². The first-order chi connectivity index (χ1) is 7.98. The van der Waals surface area contributed by atoms with E-state index < -0.39 is 0 Å². The number of anilines is 1. The summed E-state index contributed by atoms with van der Waals surface area (Å²) in [4.78, 5) is 4.57. The molecule has 1 aromatic carbocycles. The maximum atomic E-state index is 6.18. The number of hydrogen-bond donors (Lipinski definition) is 1. The summed E-state index contributed by atoms with van der Waals surface area (Å²) in [5.41, 5.74) is 2.41. The Bertz CT molecular complexity index is 434. The van der Waals surface area contributed by atoms with E-state index in [2.05, 4.69) is 24.2 Å². The van der Waals surface area contributed by atoms with Crippen LogP contribution in [-0.4, -0.2) is 17.5 Å². The van der Waals surface area contributed by atoms with Gasteiger partial charge in [0.15, 0.2) is 5.17 Å². The summed E-state index contributed by atoms with van der Waals surface area (Å²) in [6, 6.07) is 5.91. The highest BCUT2D eigenvalue weighted by atomic mass is 35.5. The molecule has 0 spiro atoms. The van der Waals surface area contributed by atoms with Gasteiger partial charge in [0.25, 0.3) is 0 Å². The van der Waals surface area contributed by atoms with E-state index in [1.807, 2.05) is 25.1 Å². The molecular weight excluding hydrogens is 252 g/mol. The van der Waals surface area contributed by atoms with Crippen LogP contribution in [0, 0.1) is 12.3 Å². The number of nitrogens with one attached hydrogen (secondary N) is 1. The second-order valence-electron chi connectivity index (χ2n) is 5.13. The maximum absolute atomic E-state index is 6.18. The Morgan fingerprint density at radius 2 is 2.18 bits per heavy atom. The zero-order valence-electron chi connectivity index (χ0n) is 10.4. The lowest BCUT2D eigenvalue weighted by molar-refractivity contribution is 0.438. The highest BCUT2D eigenvalue weighted by Crippen LogP contribution is 2.31. The van der Waals surface area contributed by atoms with Gasteiger partial charge in [0.2, 0.25) is 0 Å². The van der Waals surface area contributed by atoms with Crippen molar-refractivity contribution in [3.8, 4) is 0 Å². The third-order valence-electron chi connectivity index (χ3n) is 2.70. The smallest absolute Gasteiger partial charge is 0.161 e. The van der Waals surface area contributed by atoms with E-state index in [0.29, 0.717) is 5.41 Å². The van der Waals surface area contributed by atoms with Crippen LogP contribution in [0.5, 0.6) is 0 Å². The quantitative estimate of drug-likeness (QED) is 0.826. The molecule has 0 saturated heterocycles. The van der Waals surface area contributed by atoms with Crippen LogP contribution in [0.4, 0.5) is 5.69 Å².